The fourth-order valence-corrected chi connectivity index (χ4v) is 1.97. The first-order valence-electron chi connectivity index (χ1n) is 6.07. The second-order valence-electron chi connectivity index (χ2n) is 5.06. The van der Waals surface area contributed by atoms with E-state index >= 15 is 0 Å². The van der Waals surface area contributed by atoms with Gasteiger partial charge in [-0.05, 0) is 40.0 Å². The Hall–Kier alpha value is -0.120. The second-order valence-corrected chi connectivity index (χ2v) is 5.06. The molecule has 0 bridgehead atoms. The molecule has 1 N–H and O–H groups in total. The van der Waals surface area contributed by atoms with Crippen LogP contribution in [0.2, 0.25) is 0 Å². The second kappa shape index (κ2) is 5.83. The largest absolute Gasteiger partial charge is 0.390 e. The third kappa shape index (κ3) is 5.50. The Bertz CT molecular complexity index is 169. The van der Waals surface area contributed by atoms with E-state index in [0.717, 1.165) is 45.5 Å². The molecule has 3 heteroatoms. The highest BCUT2D eigenvalue weighted by Gasteiger charge is 2.21. The van der Waals surface area contributed by atoms with Crippen LogP contribution in [-0.4, -0.2) is 48.0 Å². The molecule has 1 aliphatic heterocycles. The van der Waals surface area contributed by atoms with Gasteiger partial charge in [0, 0.05) is 26.2 Å². The van der Waals surface area contributed by atoms with Gasteiger partial charge in [-0.2, -0.15) is 0 Å². The van der Waals surface area contributed by atoms with Gasteiger partial charge in [0.15, 0.2) is 0 Å². The molecule has 3 nitrogen and oxygen atoms in total. The topological polar surface area (TPSA) is 32.7 Å². The van der Waals surface area contributed by atoms with Crippen LogP contribution in [0.5, 0.6) is 0 Å². The van der Waals surface area contributed by atoms with Gasteiger partial charge >= 0.3 is 0 Å². The average molecular weight is 215 g/mol. The molecule has 0 spiro atoms. The molecule has 0 amide bonds. The lowest BCUT2D eigenvalue weighted by molar-refractivity contribution is 0.00503. The van der Waals surface area contributed by atoms with Gasteiger partial charge in [-0.1, -0.05) is 0 Å². The minimum absolute atomic E-state index is 0.466. The van der Waals surface area contributed by atoms with Crippen LogP contribution in [0.15, 0.2) is 0 Å². The molecule has 0 aromatic rings. The number of hydrogen-bond donors (Lipinski definition) is 1. The first kappa shape index (κ1) is 12.9. The predicted molar refractivity (Wildman–Crippen MR) is 62.0 cm³/mol. The zero-order valence-electron chi connectivity index (χ0n) is 10.3. The fourth-order valence-electron chi connectivity index (χ4n) is 1.97. The van der Waals surface area contributed by atoms with Crippen molar-refractivity contribution in [3.8, 4) is 0 Å². The quantitative estimate of drug-likeness (QED) is 0.757. The van der Waals surface area contributed by atoms with Crippen LogP contribution in [0.25, 0.3) is 0 Å². The summed E-state index contributed by atoms with van der Waals surface area (Å²) >= 11 is 0. The van der Waals surface area contributed by atoms with Crippen molar-refractivity contribution in [3.63, 3.8) is 0 Å². The minimum Gasteiger partial charge on any atom is -0.390 e. The lowest BCUT2D eigenvalue weighted by Crippen LogP contribution is -2.39. The van der Waals surface area contributed by atoms with E-state index in [1.165, 1.54) is 0 Å². The Morgan fingerprint density at radius 3 is 2.40 bits per heavy atom. The molecule has 0 aliphatic carbocycles. The number of ether oxygens (including phenoxy) is 1. The van der Waals surface area contributed by atoms with Crippen molar-refractivity contribution in [1.82, 2.24) is 4.90 Å². The monoisotopic (exact) mass is 215 g/mol. The van der Waals surface area contributed by atoms with E-state index in [-0.39, 0.29) is 0 Å². The zero-order valence-corrected chi connectivity index (χ0v) is 10.3. The summed E-state index contributed by atoms with van der Waals surface area (Å²) < 4.78 is 5.60. The number of aliphatic hydroxyl groups is 1. The number of piperidine rings is 1. The molecular weight excluding hydrogens is 190 g/mol. The third-order valence-corrected chi connectivity index (χ3v) is 2.98. The molecule has 0 aromatic heterocycles. The van der Waals surface area contributed by atoms with E-state index in [0.29, 0.717) is 6.10 Å². The van der Waals surface area contributed by atoms with Gasteiger partial charge in [0.2, 0.25) is 0 Å². The van der Waals surface area contributed by atoms with Crippen LogP contribution in [0.1, 0.15) is 40.0 Å². The molecular formula is C12H25NO2. The van der Waals surface area contributed by atoms with E-state index in [1.54, 1.807) is 0 Å². The summed E-state index contributed by atoms with van der Waals surface area (Å²) in [5.74, 6) is 0. The normalized spacial score (nSPS) is 20.8. The molecule has 0 saturated carbocycles. The van der Waals surface area contributed by atoms with Crippen molar-refractivity contribution in [1.29, 1.82) is 0 Å². The van der Waals surface area contributed by atoms with E-state index in [4.69, 9.17) is 4.74 Å². The highest BCUT2D eigenvalue weighted by Crippen LogP contribution is 2.16. The summed E-state index contributed by atoms with van der Waals surface area (Å²) in [4.78, 5) is 2.42. The molecule has 0 atom stereocenters. The minimum atomic E-state index is -0.531. The fraction of sp³-hybridized carbons (Fsp3) is 1.00. The van der Waals surface area contributed by atoms with Gasteiger partial charge in [0.05, 0.1) is 11.7 Å². The maximum Gasteiger partial charge on any atom is 0.0603 e. The Labute approximate surface area is 93.4 Å². The molecule has 1 rings (SSSR count). The van der Waals surface area contributed by atoms with Gasteiger partial charge in [0.25, 0.3) is 0 Å². The molecule has 1 fully saturated rings. The molecule has 15 heavy (non-hydrogen) atoms. The van der Waals surface area contributed by atoms with Gasteiger partial charge < -0.3 is 14.7 Å². The first-order valence-corrected chi connectivity index (χ1v) is 6.07. The summed E-state index contributed by atoms with van der Waals surface area (Å²) in [7, 11) is 0. The van der Waals surface area contributed by atoms with Gasteiger partial charge in [-0.3, -0.25) is 0 Å². The van der Waals surface area contributed by atoms with Crippen molar-refractivity contribution in [2.45, 2.75) is 51.7 Å². The molecule has 1 heterocycles. The van der Waals surface area contributed by atoms with Crippen molar-refractivity contribution in [3.05, 3.63) is 0 Å². The summed E-state index contributed by atoms with van der Waals surface area (Å²) in [5, 5.41) is 9.63. The highest BCUT2D eigenvalue weighted by atomic mass is 16.5. The van der Waals surface area contributed by atoms with Gasteiger partial charge in [-0.15, -0.1) is 0 Å². The van der Waals surface area contributed by atoms with E-state index < -0.39 is 5.60 Å². The summed E-state index contributed by atoms with van der Waals surface area (Å²) in [6, 6.07) is 0. The van der Waals surface area contributed by atoms with Gasteiger partial charge in [0.1, 0.15) is 0 Å². The average Bonchev–Trinajstić information content (AvgIpc) is 2.16. The van der Waals surface area contributed by atoms with Crippen LogP contribution in [0, 0.1) is 0 Å². The van der Waals surface area contributed by atoms with E-state index in [1.807, 2.05) is 13.8 Å². The smallest absolute Gasteiger partial charge is 0.0603 e. The first-order chi connectivity index (χ1) is 7.01. The summed E-state index contributed by atoms with van der Waals surface area (Å²) in [6.45, 7) is 9.86. The molecule has 0 aromatic carbocycles. The maximum absolute atomic E-state index is 9.63. The van der Waals surface area contributed by atoms with E-state index in [2.05, 4.69) is 11.8 Å². The number of hydrogen-bond acceptors (Lipinski definition) is 3. The Kier molecular flexibility index (Phi) is 5.03. The Balaban J connectivity index is 2.15. The zero-order chi connectivity index (χ0) is 11.3. The maximum atomic E-state index is 9.63. The highest BCUT2D eigenvalue weighted by molar-refractivity contribution is 4.75. The van der Waals surface area contributed by atoms with Crippen molar-refractivity contribution in [2.24, 2.45) is 0 Å². The third-order valence-electron chi connectivity index (χ3n) is 2.98. The molecule has 0 unspecified atom stereocenters. The lowest BCUT2D eigenvalue weighted by atomic mass is 10.0. The lowest BCUT2D eigenvalue weighted by Gasteiger charge is -2.33. The van der Waals surface area contributed by atoms with Gasteiger partial charge in [-0.25, -0.2) is 0 Å². The Morgan fingerprint density at radius 2 is 1.93 bits per heavy atom. The molecule has 90 valence electrons. The van der Waals surface area contributed by atoms with Crippen LogP contribution in [0.3, 0.4) is 0 Å². The standard InChI is InChI=1S/C12H25NO2/c1-4-15-11-5-8-13(9-6-11)10-7-12(2,3)14/h11,14H,4-10H2,1-3H3. The molecule has 1 aliphatic rings. The van der Waals surface area contributed by atoms with Crippen LogP contribution in [-0.2, 0) is 4.74 Å². The molecule has 0 radical (unpaired) electrons. The summed E-state index contributed by atoms with van der Waals surface area (Å²) in [6.07, 6.45) is 3.60. The van der Waals surface area contributed by atoms with Crippen molar-refractivity contribution < 1.29 is 9.84 Å². The van der Waals surface area contributed by atoms with Crippen molar-refractivity contribution >= 4 is 0 Å². The molecule has 1 saturated heterocycles. The SMILES string of the molecule is CCOC1CCN(CCC(C)(C)O)CC1. The summed E-state index contributed by atoms with van der Waals surface area (Å²) in [5.41, 5.74) is -0.531. The number of likely N-dealkylation sites (tertiary alicyclic amines) is 1. The Morgan fingerprint density at radius 1 is 1.33 bits per heavy atom. The van der Waals surface area contributed by atoms with Crippen LogP contribution in [0.4, 0.5) is 0 Å². The predicted octanol–water partition coefficient (Wildman–Crippen LogP) is 1.65. The van der Waals surface area contributed by atoms with Crippen molar-refractivity contribution in [2.75, 3.05) is 26.2 Å². The number of nitrogens with zero attached hydrogens (tertiary/aromatic N) is 1. The van der Waals surface area contributed by atoms with Crippen LogP contribution < -0.4 is 0 Å². The van der Waals surface area contributed by atoms with E-state index in [9.17, 15) is 5.11 Å². The number of rotatable bonds is 5. The van der Waals surface area contributed by atoms with Crippen LogP contribution >= 0.6 is 0 Å².